The molecule has 0 saturated carbocycles. The number of nitrogens with one attached hydrogen (secondary N) is 2. The van der Waals surface area contributed by atoms with Gasteiger partial charge in [0.1, 0.15) is 11.7 Å². The van der Waals surface area contributed by atoms with Crippen molar-refractivity contribution in [2.75, 3.05) is 38.1 Å². The molecule has 2 aromatic rings. The van der Waals surface area contributed by atoms with Crippen molar-refractivity contribution < 1.29 is 32.3 Å². The Hall–Kier alpha value is -3.58. The van der Waals surface area contributed by atoms with Crippen LogP contribution in [0.15, 0.2) is 12.3 Å². The van der Waals surface area contributed by atoms with E-state index in [4.69, 9.17) is 4.74 Å². The van der Waals surface area contributed by atoms with Crippen LogP contribution in [-0.4, -0.2) is 80.5 Å². The molecule has 2 aromatic heterocycles. The predicted octanol–water partition coefficient (Wildman–Crippen LogP) is 2.05. The van der Waals surface area contributed by atoms with Crippen molar-refractivity contribution in [1.82, 2.24) is 29.8 Å². The molecule has 2 N–H and O–H groups in total. The maximum Gasteiger partial charge on any atom is 0.432 e. The monoisotopic (exact) mass is 471 g/mol. The second-order valence-corrected chi connectivity index (χ2v) is 7.41. The van der Waals surface area contributed by atoms with Gasteiger partial charge in [-0.25, -0.2) is 4.79 Å². The molecule has 14 heteroatoms. The lowest BCUT2D eigenvalue weighted by Crippen LogP contribution is -2.52. The number of halogens is 3. The van der Waals surface area contributed by atoms with Gasteiger partial charge in [-0.05, 0) is 20.8 Å². The minimum atomic E-state index is -4.65. The normalized spacial score (nSPS) is 15.3. The lowest BCUT2D eigenvalue weighted by molar-refractivity contribution is -0.141. The van der Waals surface area contributed by atoms with Gasteiger partial charge in [0.25, 0.3) is 5.91 Å². The van der Waals surface area contributed by atoms with Crippen LogP contribution in [0.5, 0.6) is 0 Å². The van der Waals surface area contributed by atoms with Crippen LogP contribution < -0.4 is 5.32 Å². The van der Waals surface area contributed by atoms with E-state index in [1.807, 2.05) is 0 Å². The quantitative estimate of drug-likeness (QED) is 0.688. The number of hydrogen-bond acceptors (Lipinski definition) is 6. The first-order valence-corrected chi connectivity index (χ1v) is 10.2. The molecule has 0 bridgehead atoms. The molecule has 3 heterocycles. The number of hydrogen-bond donors (Lipinski definition) is 2. The molecule has 1 atom stereocenters. The molecule has 11 nitrogen and oxygen atoms in total. The van der Waals surface area contributed by atoms with E-state index in [1.165, 1.54) is 15.8 Å². The lowest BCUT2D eigenvalue weighted by Gasteiger charge is -2.35. The number of alkyl halides is 3. The van der Waals surface area contributed by atoms with Crippen LogP contribution in [0, 0.1) is 6.92 Å². The third kappa shape index (κ3) is 5.43. The molecule has 180 valence electrons. The summed E-state index contributed by atoms with van der Waals surface area (Å²) in [6.07, 6.45) is -3.63. The number of carbonyl (C=O) groups is 3. The number of aromatic amines is 1. The minimum absolute atomic E-state index is 0.221. The summed E-state index contributed by atoms with van der Waals surface area (Å²) < 4.78 is 44.4. The largest absolute Gasteiger partial charge is 0.450 e. The number of amides is 3. The van der Waals surface area contributed by atoms with E-state index in [0.29, 0.717) is 37.9 Å². The molecule has 3 rings (SSSR count). The zero-order valence-corrected chi connectivity index (χ0v) is 18.3. The molecular weight excluding hydrogens is 447 g/mol. The molecule has 0 radical (unpaired) electrons. The molecule has 3 amide bonds. The van der Waals surface area contributed by atoms with Crippen molar-refractivity contribution in [1.29, 1.82) is 0 Å². The summed E-state index contributed by atoms with van der Waals surface area (Å²) in [7, 11) is 0. The number of carbonyl (C=O) groups excluding carboxylic acids is 3. The summed E-state index contributed by atoms with van der Waals surface area (Å²) in [4.78, 5) is 40.1. The Morgan fingerprint density at radius 1 is 1.21 bits per heavy atom. The van der Waals surface area contributed by atoms with E-state index in [2.05, 4.69) is 15.5 Å². The highest BCUT2D eigenvalue weighted by Crippen LogP contribution is 2.28. The fourth-order valence-corrected chi connectivity index (χ4v) is 3.27. The van der Waals surface area contributed by atoms with Crippen LogP contribution in [0.3, 0.4) is 0 Å². The molecule has 1 fully saturated rings. The number of aryl methyl sites for hydroxylation is 1. The van der Waals surface area contributed by atoms with Crippen LogP contribution in [0.25, 0.3) is 0 Å². The average molecular weight is 471 g/mol. The van der Waals surface area contributed by atoms with Gasteiger partial charge in [-0.2, -0.15) is 23.4 Å². The Morgan fingerprint density at radius 3 is 2.42 bits per heavy atom. The summed E-state index contributed by atoms with van der Waals surface area (Å²) in [6.45, 7) is 6.60. The van der Waals surface area contributed by atoms with Gasteiger partial charge >= 0.3 is 12.3 Å². The molecule has 1 saturated heterocycles. The van der Waals surface area contributed by atoms with Crippen LogP contribution in [0.2, 0.25) is 0 Å². The summed E-state index contributed by atoms with van der Waals surface area (Å²) in [5.74, 6) is -1.07. The topological polar surface area (TPSA) is 125 Å². The van der Waals surface area contributed by atoms with E-state index in [-0.39, 0.29) is 18.2 Å². The van der Waals surface area contributed by atoms with E-state index >= 15 is 0 Å². The zero-order valence-electron chi connectivity index (χ0n) is 18.3. The molecular formula is C19H24F3N7O4. The van der Waals surface area contributed by atoms with Crippen molar-refractivity contribution in [3.63, 3.8) is 0 Å². The first-order chi connectivity index (χ1) is 15.5. The van der Waals surface area contributed by atoms with Gasteiger partial charge in [0.15, 0.2) is 5.69 Å². The number of aromatic nitrogens is 4. The van der Waals surface area contributed by atoms with E-state index in [0.717, 1.165) is 0 Å². The van der Waals surface area contributed by atoms with Crippen LogP contribution in [-0.2, 0) is 15.7 Å². The molecule has 33 heavy (non-hydrogen) atoms. The van der Waals surface area contributed by atoms with Crippen LogP contribution in [0.1, 0.15) is 41.8 Å². The second-order valence-electron chi connectivity index (χ2n) is 7.41. The Kier molecular flexibility index (Phi) is 6.93. The Bertz CT molecular complexity index is 1020. The Morgan fingerprint density at radius 2 is 1.85 bits per heavy atom. The van der Waals surface area contributed by atoms with E-state index in [9.17, 15) is 27.6 Å². The fourth-order valence-electron chi connectivity index (χ4n) is 3.27. The van der Waals surface area contributed by atoms with E-state index in [1.54, 1.807) is 30.8 Å². The standard InChI is InChI=1S/C19H24F3N7O4/c1-4-33-18(32)28-7-5-27(6-8-28)17(31)12(3)29-10-14(11(2)26-29)23-16(30)13-9-15(25-24-13)19(20,21)22/h9-10,12H,4-8H2,1-3H3,(H,23,30)(H,24,25). The molecule has 1 aliphatic heterocycles. The first kappa shape index (κ1) is 24.1. The van der Waals surface area contributed by atoms with Gasteiger partial charge in [-0.1, -0.05) is 0 Å². The first-order valence-electron chi connectivity index (χ1n) is 10.2. The third-order valence-electron chi connectivity index (χ3n) is 5.15. The van der Waals surface area contributed by atoms with Crippen molar-refractivity contribution in [2.24, 2.45) is 0 Å². The lowest BCUT2D eigenvalue weighted by atomic mass is 10.2. The van der Waals surface area contributed by atoms with E-state index < -0.39 is 35.6 Å². The number of ether oxygens (including phenoxy) is 1. The van der Waals surface area contributed by atoms with Gasteiger partial charge in [0.2, 0.25) is 5.91 Å². The number of piperazine rings is 1. The highest BCUT2D eigenvalue weighted by atomic mass is 19.4. The minimum Gasteiger partial charge on any atom is -0.450 e. The molecule has 0 spiro atoms. The average Bonchev–Trinajstić information content (AvgIpc) is 3.41. The highest BCUT2D eigenvalue weighted by Gasteiger charge is 2.34. The number of H-pyrrole nitrogens is 1. The van der Waals surface area contributed by atoms with Crippen LogP contribution >= 0.6 is 0 Å². The Balaban J connectivity index is 1.62. The second kappa shape index (κ2) is 9.50. The molecule has 0 aromatic carbocycles. The van der Waals surface area contributed by atoms with Gasteiger partial charge in [-0.15, -0.1) is 0 Å². The molecule has 1 unspecified atom stereocenters. The summed E-state index contributed by atoms with van der Waals surface area (Å²) in [6, 6.07) is -0.0947. The summed E-state index contributed by atoms with van der Waals surface area (Å²) >= 11 is 0. The molecule has 1 aliphatic rings. The summed E-state index contributed by atoms with van der Waals surface area (Å²) in [5, 5.41) is 11.9. The molecule has 0 aliphatic carbocycles. The predicted molar refractivity (Wildman–Crippen MR) is 108 cm³/mol. The van der Waals surface area contributed by atoms with Crippen molar-refractivity contribution >= 4 is 23.6 Å². The van der Waals surface area contributed by atoms with Gasteiger partial charge in [-0.3, -0.25) is 19.4 Å². The van der Waals surface area contributed by atoms with Crippen LogP contribution in [0.4, 0.5) is 23.7 Å². The van der Waals surface area contributed by atoms with Crippen molar-refractivity contribution in [3.05, 3.63) is 29.3 Å². The van der Waals surface area contributed by atoms with Gasteiger partial charge in [0.05, 0.1) is 18.0 Å². The maximum atomic E-state index is 12.9. The van der Waals surface area contributed by atoms with Gasteiger partial charge in [0, 0.05) is 38.4 Å². The number of rotatable bonds is 5. The fraction of sp³-hybridized carbons (Fsp3) is 0.526. The van der Waals surface area contributed by atoms with Crippen molar-refractivity contribution in [3.8, 4) is 0 Å². The zero-order chi connectivity index (χ0) is 24.3. The summed E-state index contributed by atoms with van der Waals surface area (Å²) in [5.41, 5.74) is -0.953. The number of nitrogens with zero attached hydrogens (tertiary/aromatic N) is 5. The SMILES string of the molecule is CCOC(=O)N1CCN(C(=O)C(C)n2cc(NC(=O)c3cc(C(F)(F)F)[nH]n3)c(C)n2)CC1. The van der Waals surface area contributed by atoms with Gasteiger partial charge < -0.3 is 19.9 Å². The van der Waals surface area contributed by atoms with Crippen molar-refractivity contribution in [2.45, 2.75) is 33.0 Å². The third-order valence-corrected chi connectivity index (χ3v) is 5.15. The smallest absolute Gasteiger partial charge is 0.432 e. The Labute approximate surface area is 186 Å². The maximum absolute atomic E-state index is 12.9. The highest BCUT2D eigenvalue weighted by molar-refractivity contribution is 6.03. The number of anilines is 1.